The number of ether oxygens (including phenoxy) is 2. The molecule has 10 heteroatoms. The molecule has 47 heavy (non-hydrogen) atoms. The molecule has 9 atom stereocenters. The van der Waals surface area contributed by atoms with Crippen LogP contribution in [0.1, 0.15) is 69.4 Å². The van der Waals surface area contributed by atoms with Crippen molar-refractivity contribution in [3.05, 3.63) is 83.0 Å². The minimum absolute atomic E-state index is 0.0149. The molecule has 6 rings (SSSR count). The third kappa shape index (κ3) is 4.98. The number of nitrogens with two attached hydrogens (primary N) is 1. The molecule has 3 fully saturated rings. The molecule has 0 aliphatic heterocycles. The Morgan fingerprint density at radius 3 is 2.62 bits per heavy atom. The molecule has 0 amide bonds. The van der Waals surface area contributed by atoms with Gasteiger partial charge >= 0.3 is 0 Å². The topological polar surface area (TPSA) is 139 Å². The normalized spacial score (nSPS) is 36.7. The van der Waals surface area contributed by atoms with Gasteiger partial charge in [-0.1, -0.05) is 37.3 Å². The highest BCUT2D eigenvalue weighted by Crippen LogP contribution is 2.71. The van der Waals surface area contributed by atoms with Crippen molar-refractivity contribution >= 4 is 17.3 Å². The number of Topliss-reactive ketones (excluding diaryl/α,β-unsaturated/α-hetero) is 1. The fourth-order valence-electron chi connectivity index (χ4n) is 9.37. The lowest BCUT2D eigenvalue weighted by molar-refractivity contribution is -0.268. The number of benzene rings is 2. The molecule has 0 saturated heterocycles. The molecule has 0 radical (unpaired) electrons. The van der Waals surface area contributed by atoms with Gasteiger partial charge in [-0.15, -0.1) is 0 Å². The first-order valence-electron chi connectivity index (χ1n) is 16.3. The summed E-state index contributed by atoms with van der Waals surface area (Å²) in [6, 6.07) is 12.3. The SMILES string of the molecule is CCO[C@H](O[C@]1(C(=O)CO)CCC2[C@@H]3C[C@H](F)C4=CC(=O)C=C[C@]4(C)[C@@]3(F)[C@@H](O)C[C@@]21C)c1ccc(Cc2cccc(N)c2)c(O)c1. The number of carbonyl (C=O) groups is 2. The van der Waals surface area contributed by atoms with Gasteiger partial charge in [0.05, 0.1) is 6.10 Å². The number of ketones is 2. The van der Waals surface area contributed by atoms with E-state index in [0.29, 0.717) is 23.2 Å². The van der Waals surface area contributed by atoms with Crippen molar-refractivity contribution in [1.82, 2.24) is 0 Å². The molecule has 252 valence electrons. The van der Waals surface area contributed by atoms with Gasteiger partial charge in [0.25, 0.3) is 0 Å². The highest BCUT2D eigenvalue weighted by Gasteiger charge is 2.76. The number of hydrogen-bond acceptors (Lipinski definition) is 8. The Bertz CT molecular complexity index is 1640. The lowest BCUT2D eigenvalue weighted by Gasteiger charge is -2.63. The molecule has 0 spiro atoms. The minimum atomic E-state index is -2.31. The highest BCUT2D eigenvalue weighted by molar-refractivity contribution is 6.01. The molecule has 1 unspecified atom stereocenters. The molecule has 3 saturated carbocycles. The number of anilines is 1. The largest absolute Gasteiger partial charge is 0.508 e. The number of nitrogen functional groups attached to an aromatic ring is 1. The molecular weight excluding hydrogens is 608 g/mol. The summed E-state index contributed by atoms with van der Waals surface area (Å²) >= 11 is 0. The van der Waals surface area contributed by atoms with Crippen LogP contribution in [0.4, 0.5) is 14.5 Å². The van der Waals surface area contributed by atoms with E-state index in [0.717, 1.165) is 11.6 Å². The van der Waals surface area contributed by atoms with Gasteiger partial charge in [-0.05, 0) is 92.5 Å². The number of halogens is 2. The first-order chi connectivity index (χ1) is 22.2. The number of carbonyl (C=O) groups excluding carboxylic acids is 2. The number of phenols is 1. The van der Waals surface area contributed by atoms with Gasteiger partial charge in [0.2, 0.25) is 0 Å². The zero-order valence-electron chi connectivity index (χ0n) is 26.9. The van der Waals surface area contributed by atoms with Crippen LogP contribution in [0.2, 0.25) is 0 Å². The quantitative estimate of drug-likeness (QED) is 0.214. The third-order valence-electron chi connectivity index (χ3n) is 11.7. The van der Waals surface area contributed by atoms with E-state index in [-0.39, 0.29) is 43.6 Å². The van der Waals surface area contributed by atoms with Crippen LogP contribution in [-0.2, 0) is 25.5 Å². The van der Waals surface area contributed by atoms with Crippen LogP contribution < -0.4 is 5.73 Å². The summed E-state index contributed by atoms with van der Waals surface area (Å²) in [6.07, 6.45) is -0.370. The number of allylic oxidation sites excluding steroid dienone is 4. The number of aromatic hydroxyl groups is 1. The van der Waals surface area contributed by atoms with E-state index in [1.54, 1.807) is 32.0 Å². The second kappa shape index (κ2) is 11.9. The van der Waals surface area contributed by atoms with E-state index in [9.17, 15) is 24.9 Å². The monoisotopic (exact) mass is 651 g/mol. The Hall–Kier alpha value is -3.44. The van der Waals surface area contributed by atoms with Crippen molar-refractivity contribution in [3.8, 4) is 5.75 Å². The maximum atomic E-state index is 17.6. The molecule has 0 heterocycles. The molecule has 2 aromatic carbocycles. The number of alkyl halides is 2. The number of rotatable bonds is 9. The van der Waals surface area contributed by atoms with E-state index in [2.05, 4.69) is 0 Å². The van der Waals surface area contributed by atoms with Crippen molar-refractivity contribution in [2.45, 2.75) is 82.7 Å². The number of aliphatic hydroxyl groups is 2. The first kappa shape index (κ1) is 33.5. The van der Waals surface area contributed by atoms with Crippen molar-refractivity contribution in [3.63, 3.8) is 0 Å². The van der Waals surface area contributed by atoms with Gasteiger partial charge in [0.1, 0.15) is 24.1 Å². The van der Waals surface area contributed by atoms with Crippen LogP contribution in [0.3, 0.4) is 0 Å². The van der Waals surface area contributed by atoms with Gasteiger partial charge in [-0.3, -0.25) is 9.59 Å². The van der Waals surface area contributed by atoms with Gasteiger partial charge in [-0.2, -0.15) is 0 Å². The summed E-state index contributed by atoms with van der Waals surface area (Å²) < 4.78 is 46.2. The van der Waals surface area contributed by atoms with Gasteiger partial charge in [-0.25, -0.2) is 8.78 Å². The Labute approximate surface area is 273 Å². The van der Waals surface area contributed by atoms with Crippen LogP contribution in [-0.4, -0.2) is 63.6 Å². The van der Waals surface area contributed by atoms with E-state index >= 15 is 8.78 Å². The summed E-state index contributed by atoms with van der Waals surface area (Å²) in [7, 11) is 0. The second-order valence-electron chi connectivity index (χ2n) is 14.0. The lowest BCUT2D eigenvalue weighted by atomic mass is 9.44. The van der Waals surface area contributed by atoms with E-state index < -0.39 is 70.7 Å². The molecule has 0 bridgehead atoms. The van der Waals surface area contributed by atoms with Gasteiger partial charge in [0, 0.05) is 41.0 Å². The fourth-order valence-corrected chi connectivity index (χ4v) is 9.37. The molecule has 2 aromatic rings. The minimum Gasteiger partial charge on any atom is -0.508 e. The van der Waals surface area contributed by atoms with Gasteiger partial charge < -0.3 is 30.5 Å². The molecule has 4 aliphatic carbocycles. The second-order valence-corrected chi connectivity index (χ2v) is 14.0. The van der Waals surface area contributed by atoms with Crippen molar-refractivity contribution in [1.29, 1.82) is 0 Å². The Kier molecular flexibility index (Phi) is 8.48. The van der Waals surface area contributed by atoms with E-state index in [1.807, 2.05) is 18.2 Å². The van der Waals surface area contributed by atoms with Crippen molar-refractivity contribution in [2.75, 3.05) is 18.9 Å². The summed E-state index contributed by atoms with van der Waals surface area (Å²) in [5, 5.41) is 33.0. The van der Waals surface area contributed by atoms with E-state index in [4.69, 9.17) is 15.2 Å². The Balaban J connectivity index is 1.36. The van der Waals surface area contributed by atoms with Crippen LogP contribution in [0.5, 0.6) is 5.75 Å². The van der Waals surface area contributed by atoms with Crippen LogP contribution >= 0.6 is 0 Å². The summed E-state index contributed by atoms with van der Waals surface area (Å²) in [4.78, 5) is 26.0. The number of fused-ring (bicyclic) bond motifs is 5. The molecule has 5 N–H and O–H groups in total. The average Bonchev–Trinajstić information content (AvgIpc) is 3.32. The molecule has 0 aromatic heterocycles. The number of aliphatic hydroxyl groups excluding tert-OH is 2. The summed E-state index contributed by atoms with van der Waals surface area (Å²) in [5.74, 6) is -2.70. The summed E-state index contributed by atoms with van der Waals surface area (Å²) in [5.41, 5.74) is 1.71. The Morgan fingerprint density at radius 1 is 1.17 bits per heavy atom. The average molecular weight is 652 g/mol. The van der Waals surface area contributed by atoms with Crippen molar-refractivity contribution < 1.29 is 43.2 Å². The summed E-state index contributed by atoms with van der Waals surface area (Å²) in [6.45, 7) is 4.34. The zero-order valence-corrected chi connectivity index (χ0v) is 26.9. The standard InChI is InChI=1S/C37H43F2NO7/c1-4-46-33(23-9-8-22(30(43)16-23)14-21-6-5-7-24(40)15-21)47-36(32(45)20-41)13-11-26-27-18-29(38)28-17-25(42)10-12-34(28,2)37(27,39)31(44)19-35(26,36)3/h5-10,12,15-17,26-27,29,31,33,41,43-44H,4,11,13-14,18-20,40H2,1-3H3/t26?,27-,29-,31-,33+,34-,35-,36-,37-/m0/s1. The number of hydrogen-bond donors (Lipinski definition) is 4. The molecule has 4 aliphatic rings. The first-order valence-corrected chi connectivity index (χ1v) is 16.3. The predicted octanol–water partition coefficient (Wildman–Crippen LogP) is 5.24. The van der Waals surface area contributed by atoms with Gasteiger partial charge in [0.15, 0.2) is 23.5 Å². The molecule has 8 nitrogen and oxygen atoms in total. The highest BCUT2D eigenvalue weighted by atomic mass is 19.1. The van der Waals surface area contributed by atoms with Crippen LogP contribution in [0.15, 0.2) is 66.3 Å². The van der Waals surface area contributed by atoms with Crippen LogP contribution in [0.25, 0.3) is 0 Å². The maximum absolute atomic E-state index is 17.6. The van der Waals surface area contributed by atoms with Crippen LogP contribution in [0, 0.1) is 22.7 Å². The zero-order chi connectivity index (χ0) is 33.9. The predicted molar refractivity (Wildman–Crippen MR) is 171 cm³/mol. The smallest absolute Gasteiger partial charge is 0.190 e. The fraction of sp³-hybridized carbons (Fsp3) is 0.514. The molecular formula is C37H43F2NO7. The Morgan fingerprint density at radius 2 is 1.94 bits per heavy atom. The maximum Gasteiger partial charge on any atom is 0.190 e. The third-order valence-corrected chi connectivity index (χ3v) is 11.7. The number of phenolic OH excluding ortho intramolecular Hbond substituents is 1. The lowest BCUT2D eigenvalue weighted by Crippen LogP contribution is -2.70. The van der Waals surface area contributed by atoms with E-state index in [1.165, 1.54) is 25.1 Å². The van der Waals surface area contributed by atoms with Crippen molar-refractivity contribution in [2.24, 2.45) is 22.7 Å².